The molecule has 1 amide bonds. The fourth-order valence-electron chi connectivity index (χ4n) is 1.68. The quantitative estimate of drug-likeness (QED) is 0.762. The monoisotopic (exact) mass is 215 g/mol. The number of aromatic nitrogens is 1. The Kier molecular flexibility index (Phi) is 2.27. The van der Waals surface area contributed by atoms with Crippen LogP contribution in [0.2, 0.25) is 0 Å². The molecule has 1 aromatic carbocycles. The van der Waals surface area contributed by atoms with Crippen molar-refractivity contribution in [1.82, 2.24) is 4.57 Å². The lowest BCUT2D eigenvalue weighted by molar-refractivity contribution is 0.0991. The number of amides is 1. The molecule has 0 aliphatic heterocycles. The maximum absolute atomic E-state index is 11.9. The number of rotatable bonds is 1. The minimum atomic E-state index is -0.614. The molecule has 1 heterocycles. The number of hydrogen-bond donors (Lipinski definition) is 1. The largest absolute Gasteiger partial charge is 0.364 e. The zero-order valence-electron chi connectivity index (χ0n) is 9.07. The summed E-state index contributed by atoms with van der Waals surface area (Å²) >= 11 is 0. The number of pyridine rings is 1. The Morgan fingerprint density at radius 2 is 2.12 bits per heavy atom. The third-order valence-electron chi connectivity index (χ3n) is 2.55. The van der Waals surface area contributed by atoms with Gasteiger partial charge in [-0.3, -0.25) is 9.59 Å². The Bertz CT molecular complexity index is 641. The number of fused-ring (bicyclic) bond motifs is 1. The molecule has 0 atom stereocenters. The van der Waals surface area contributed by atoms with Crippen molar-refractivity contribution in [3.8, 4) is 0 Å². The Hall–Kier alpha value is -2.10. The predicted octanol–water partition coefficient (Wildman–Crippen LogP) is 0.746. The van der Waals surface area contributed by atoms with E-state index < -0.39 is 5.91 Å². The zero-order chi connectivity index (χ0) is 11.9. The standard InChI is InChI=1S/C12H11N2O2/c1-7-3-4-9-8(5-7)6-10(11(13)15)14(2)12(9)16/h3-4,6H,1-2H3,(H2,13,15). The van der Waals surface area contributed by atoms with E-state index in [1.165, 1.54) is 11.6 Å². The number of aryl methyl sites for hydroxylation is 1. The molecule has 16 heavy (non-hydrogen) atoms. The molecule has 0 saturated carbocycles. The Morgan fingerprint density at radius 3 is 2.75 bits per heavy atom. The van der Waals surface area contributed by atoms with Crippen LogP contribution in [0.15, 0.2) is 23.0 Å². The van der Waals surface area contributed by atoms with Gasteiger partial charge in [-0.05, 0) is 36.1 Å². The van der Waals surface area contributed by atoms with E-state index in [1.54, 1.807) is 12.1 Å². The van der Waals surface area contributed by atoms with Gasteiger partial charge in [-0.25, -0.2) is 0 Å². The van der Waals surface area contributed by atoms with Gasteiger partial charge in [0.05, 0.1) is 0 Å². The highest BCUT2D eigenvalue weighted by molar-refractivity contribution is 5.95. The Balaban J connectivity index is 2.94. The molecular formula is C12H11N2O2. The van der Waals surface area contributed by atoms with Gasteiger partial charge in [0.25, 0.3) is 11.5 Å². The number of carbonyl (C=O) groups excluding carboxylic acids is 1. The number of carbonyl (C=O) groups is 1. The molecule has 81 valence electrons. The van der Waals surface area contributed by atoms with Crippen LogP contribution >= 0.6 is 0 Å². The van der Waals surface area contributed by atoms with Crippen LogP contribution in [0.5, 0.6) is 0 Å². The third-order valence-corrected chi connectivity index (χ3v) is 2.55. The van der Waals surface area contributed by atoms with Gasteiger partial charge in [-0.15, -0.1) is 0 Å². The Labute approximate surface area is 92.3 Å². The second-order valence-electron chi connectivity index (χ2n) is 3.73. The van der Waals surface area contributed by atoms with Gasteiger partial charge >= 0.3 is 0 Å². The molecule has 1 aromatic heterocycles. The normalized spacial score (nSPS) is 10.6. The molecular weight excluding hydrogens is 204 g/mol. The van der Waals surface area contributed by atoms with Crippen molar-refractivity contribution in [2.75, 3.05) is 0 Å². The van der Waals surface area contributed by atoms with E-state index in [0.29, 0.717) is 10.8 Å². The van der Waals surface area contributed by atoms with E-state index in [-0.39, 0.29) is 11.3 Å². The first-order valence-corrected chi connectivity index (χ1v) is 4.83. The van der Waals surface area contributed by atoms with Gasteiger partial charge in [0.1, 0.15) is 5.69 Å². The van der Waals surface area contributed by atoms with Gasteiger partial charge in [0, 0.05) is 12.4 Å². The molecule has 4 heteroatoms. The highest BCUT2D eigenvalue weighted by Gasteiger charge is 2.10. The van der Waals surface area contributed by atoms with Crippen LogP contribution in [0.4, 0.5) is 0 Å². The van der Waals surface area contributed by atoms with Crippen LogP contribution in [0.3, 0.4) is 0 Å². The van der Waals surface area contributed by atoms with Crippen molar-refractivity contribution in [1.29, 1.82) is 0 Å². The van der Waals surface area contributed by atoms with Gasteiger partial charge in [-0.1, -0.05) is 6.07 Å². The van der Waals surface area contributed by atoms with Crippen molar-refractivity contribution < 1.29 is 4.79 Å². The van der Waals surface area contributed by atoms with E-state index in [4.69, 9.17) is 5.73 Å². The summed E-state index contributed by atoms with van der Waals surface area (Å²) in [6, 6.07) is 8.16. The van der Waals surface area contributed by atoms with Gasteiger partial charge in [0.2, 0.25) is 0 Å². The summed E-state index contributed by atoms with van der Waals surface area (Å²) in [5.41, 5.74) is 6.07. The summed E-state index contributed by atoms with van der Waals surface area (Å²) in [5.74, 6) is -0.614. The summed E-state index contributed by atoms with van der Waals surface area (Å²) in [6.07, 6.45) is 0. The second-order valence-corrected chi connectivity index (χ2v) is 3.73. The van der Waals surface area contributed by atoms with Crippen LogP contribution < -0.4 is 11.3 Å². The fourth-order valence-corrected chi connectivity index (χ4v) is 1.68. The highest BCUT2D eigenvalue weighted by Crippen LogP contribution is 2.12. The second kappa shape index (κ2) is 3.48. The van der Waals surface area contributed by atoms with Gasteiger partial charge in [-0.2, -0.15) is 0 Å². The average Bonchev–Trinajstić information content (AvgIpc) is 2.22. The van der Waals surface area contributed by atoms with E-state index >= 15 is 0 Å². The van der Waals surface area contributed by atoms with E-state index in [1.807, 2.05) is 13.0 Å². The molecule has 1 radical (unpaired) electrons. The molecule has 2 N–H and O–H groups in total. The molecule has 4 nitrogen and oxygen atoms in total. The lowest BCUT2D eigenvalue weighted by Gasteiger charge is -2.07. The topological polar surface area (TPSA) is 65.1 Å². The third kappa shape index (κ3) is 1.48. The molecule has 2 rings (SSSR count). The molecule has 2 aromatic rings. The van der Waals surface area contributed by atoms with E-state index in [0.717, 1.165) is 5.56 Å². The minimum absolute atomic E-state index is 0.194. The number of nitrogens with zero attached hydrogens (tertiary/aromatic N) is 1. The number of benzene rings is 1. The lowest BCUT2D eigenvalue weighted by Crippen LogP contribution is -2.26. The predicted molar refractivity (Wildman–Crippen MR) is 61.3 cm³/mol. The summed E-state index contributed by atoms with van der Waals surface area (Å²) in [5, 5.41) is 1.16. The van der Waals surface area contributed by atoms with Crippen LogP contribution in [-0.4, -0.2) is 10.5 Å². The molecule has 0 saturated heterocycles. The van der Waals surface area contributed by atoms with Gasteiger partial charge in [0.15, 0.2) is 0 Å². The molecule has 0 fully saturated rings. The summed E-state index contributed by atoms with van der Waals surface area (Å²) in [4.78, 5) is 23.1. The zero-order valence-corrected chi connectivity index (χ0v) is 9.07. The van der Waals surface area contributed by atoms with Crippen LogP contribution in [0, 0.1) is 13.0 Å². The van der Waals surface area contributed by atoms with E-state index in [2.05, 4.69) is 6.07 Å². The smallest absolute Gasteiger partial charge is 0.265 e. The average molecular weight is 215 g/mol. The van der Waals surface area contributed by atoms with Crippen molar-refractivity contribution in [3.63, 3.8) is 0 Å². The van der Waals surface area contributed by atoms with Crippen molar-refractivity contribution in [3.05, 3.63) is 45.9 Å². The first-order chi connectivity index (χ1) is 7.50. The lowest BCUT2D eigenvalue weighted by atomic mass is 10.1. The van der Waals surface area contributed by atoms with Crippen LogP contribution in [0.1, 0.15) is 16.1 Å². The summed E-state index contributed by atoms with van der Waals surface area (Å²) in [6.45, 7) is 1.88. The van der Waals surface area contributed by atoms with E-state index in [9.17, 15) is 9.59 Å². The molecule has 0 spiro atoms. The number of nitrogens with two attached hydrogens (primary N) is 1. The van der Waals surface area contributed by atoms with Crippen molar-refractivity contribution >= 4 is 16.7 Å². The summed E-state index contributed by atoms with van der Waals surface area (Å²) < 4.78 is 1.26. The maximum atomic E-state index is 11.9. The fraction of sp³-hybridized carbons (Fsp3) is 0.167. The molecule has 0 aliphatic carbocycles. The minimum Gasteiger partial charge on any atom is -0.364 e. The van der Waals surface area contributed by atoms with Crippen molar-refractivity contribution in [2.45, 2.75) is 6.92 Å². The molecule has 0 unspecified atom stereocenters. The van der Waals surface area contributed by atoms with Crippen LogP contribution in [-0.2, 0) is 7.05 Å². The summed E-state index contributed by atoms with van der Waals surface area (Å²) in [7, 11) is 1.53. The SMILES string of the molecule is Cc1[c]c2cc(C(N)=O)n(C)c(=O)c2cc1. The van der Waals surface area contributed by atoms with Crippen LogP contribution in [0.25, 0.3) is 10.8 Å². The molecule has 0 bridgehead atoms. The number of primary amides is 1. The van der Waals surface area contributed by atoms with Crippen molar-refractivity contribution in [2.24, 2.45) is 12.8 Å². The highest BCUT2D eigenvalue weighted by atomic mass is 16.2. The Morgan fingerprint density at radius 1 is 1.44 bits per heavy atom. The molecule has 0 aliphatic rings. The first kappa shape index (κ1) is 10.4. The first-order valence-electron chi connectivity index (χ1n) is 4.83. The van der Waals surface area contributed by atoms with Gasteiger partial charge < -0.3 is 10.3 Å². The maximum Gasteiger partial charge on any atom is 0.265 e. The number of hydrogen-bond acceptors (Lipinski definition) is 2.